The summed E-state index contributed by atoms with van der Waals surface area (Å²) in [7, 11) is 0. The van der Waals surface area contributed by atoms with Crippen molar-refractivity contribution in [3.05, 3.63) is 66.0 Å². The van der Waals surface area contributed by atoms with Gasteiger partial charge in [-0.2, -0.15) is 0 Å². The van der Waals surface area contributed by atoms with Crippen molar-refractivity contribution >= 4 is 50.5 Å². The quantitative estimate of drug-likeness (QED) is 0.378. The smallest absolute Gasteiger partial charge is 0.175 e. The number of unbranched alkanes of at least 4 members (excludes halogenated alkanes) is 1. The van der Waals surface area contributed by atoms with E-state index in [4.69, 9.17) is 12.2 Å². The van der Waals surface area contributed by atoms with Crippen LogP contribution < -0.4 is 10.6 Å². The van der Waals surface area contributed by atoms with Crippen molar-refractivity contribution in [1.82, 2.24) is 9.55 Å². The number of pyridine rings is 1. The van der Waals surface area contributed by atoms with E-state index < -0.39 is 0 Å². The van der Waals surface area contributed by atoms with Crippen LogP contribution in [0.4, 0.5) is 11.4 Å². The maximum Gasteiger partial charge on any atom is 0.175 e. The SMILES string of the molecule is CCCCn1c2ccc(NC(=S)Nc3ccc(C)cc3)cc2c2ccnc(C)c21. The summed E-state index contributed by atoms with van der Waals surface area (Å²) in [6.07, 6.45) is 4.21. The van der Waals surface area contributed by atoms with Crippen LogP contribution in [-0.4, -0.2) is 14.7 Å². The molecule has 2 N–H and O–H groups in total. The van der Waals surface area contributed by atoms with Gasteiger partial charge in [-0.25, -0.2) is 0 Å². The number of aromatic nitrogens is 2. The molecule has 4 aromatic rings. The molecule has 0 radical (unpaired) electrons. The molecule has 2 aromatic heterocycles. The van der Waals surface area contributed by atoms with Gasteiger partial charge in [-0.1, -0.05) is 31.0 Å². The van der Waals surface area contributed by atoms with Gasteiger partial charge >= 0.3 is 0 Å². The minimum absolute atomic E-state index is 0.584. The number of rotatable bonds is 5. The number of nitrogens with one attached hydrogen (secondary N) is 2. The molecule has 29 heavy (non-hydrogen) atoms. The van der Waals surface area contributed by atoms with E-state index in [0.717, 1.165) is 30.0 Å². The monoisotopic (exact) mass is 402 g/mol. The Balaban J connectivity index is 1.66. The molecule has 0 unspecified atom stereocenters. The number of anilines is 2. The molecule has 0 aliphatic heterocycles. The van der Waals surface area contributed by atoms with E-state index in [1.54, 1.807) is 0 Å². The fraction of sp³-hybridized carbons (Fsp3) is 0.250. The standard InChI is InChI=1S/C24H26N4S/c1-4-5-14-28-22-11-10-19(15-21(22)20-12-13-25-17(3)23(20)28)27-24(29)26-18-8-6-16(2)7-9-18/h6-13,15H,4-5,14H2,1-3H3,(H2,26,27,29). The van der Waals surface area contributed by atoms with Gasteiger partial charge < -0.3 is 15.2 Å². The predicted molar refractivity (Wildman–Crippen MR) is 128 cm³/mol. The molecule has 4 rings (SSSR count). The van der Waals surface area contributed by atoms with Crippen molar-refractivity contribution in [3.8, 4) is 0 Å². The molecule has 0 spiro atoms. The Morgan fingerprint density at radius 2 is 1.69 bits per heavy atom. The van der Waals surface area contributed by atoms with Crippen LogP contribution in [-0.2, 0) is 6.54 Å². The van der Waals surface area contributed by atoms with Gasteiger partial charge in [0, 0.05) is 40.4 Å². The highest BCUT2D eigenvalue weighted by Gasteiger charge is 2.13. The Hall–Kier alpha value is -2.92. The number of benzene rings is 2. The lowest BCUT2D eigenvalue weighted by Crippen LogP contribution is -2.18. The highest BCUT2D eigenvalue weighted by Crippen LogP contribution is 2.32. The van der Waals surface area contributed by atoms with Crippen molar-refractivity contribution in [2.24, 2.45) is 0 Å². The highest BCUT2D eigenvalue weighted by atomic mass is 32.1. The molecule has 0 aliphatic rings. The second-order valence-corrected chi connectivity index (χ2v) is 7.88. The lowest BCUT2D eigenvalue weighted by molar-refractivity contribution is 0.663. The third kappa shape index (κ3) is 3.96. The third-order valence-corrected chi connectivity index (χ3v) is 5.46. The Kier molecular flexibility index (Phi) is 5.49. The van der Waals surface area contributed by atoms with E-state index in [9.17, 15) is 0 Å². The molecule has 5 heteroatoms. The van der Waals surface area contributed by atoms with Gasteiger partial charge in [0.2, 0.25) is 0 Å². The Labute approximate surface area is 177 Å². The summed E-state index contributed by atoms with van der Waals surface area (Å²) in [6.45, 7) is 7.39. The van der Waals surface area contributed by atoms with E-state index in [-0.39, 0.29) is 0 Å². The van der Waals surface area contributed by atoms with Crippen LogP contribution in [0.25, 0.3) is 21.8 Å². The summed E-state index contributed by atoms with van der Waals surface area (Å²) in [5.74, 6) is 0. The zero-order valence-corrected chi connectivity index (χ0v) is 17.9. The molecule has 0 amide bonds. The van der Waals surface area contributed by atoms with Crippen molar-refractivity contribution in [2.75, 3.05) is 10.6 Å². The van der Waals surface area contributed by atoms with E-state index in [2.05, 4.69) is 77.4 Å². The summed E-state index contributed by atoms with van der Waals surface area (Å²) in [5.41, 5.74) is 6.73. The Bertz CT molecular complexity index is 1180. The molecule has 0 saturated carbocycles. The van der Waals surface area contributed by atoms with Crippen LogP contribution >= 0.6 is 12.2 Å². The second kappa shape index (κ2) is 8.21. The zero-order chi connectivity index (χ0) is 20.4. The largest absolute Gasteiger partial charge is 0.339 e. The number of nitrogens with zero attached hydrogens (tertiary/aromatic N) is 2. The van der Waals surface area contributed by atoms with Crippen LogP contribution in [0.2, 0.25) is 0 Å². The van der Waals surface area contributed by atoms with Crippen molar-refractivity contribution in [3.63, 3.8) is 0 Å². The Morgan fingerprint density at radius 1 is 0.966 bits per heavy atom. The topological polar surface area (TPSA) is 41.9 Å². The first kappa shape index (κ1) is 19.4. The van der Waals surface area contributed by atoms with Gasteiger partial charge in [0.05, 0.1) is 11.2 Å². The van der Waals surface area contributed by atoms with Crippen LogP contribution in [0.3, 0.4) is 0 Å². The molecule has 0 fully saturated rings. The van der Waals surface area contributed by atoms with E-state index in [1.807, 2.05) is 18.3 Å². The Morgan fingerprint density at radius 3 is 2.45 bits per heavy atom. The molecule has 4 nitrogen and oxygen atoms in total. The van der Waals surface area contributed by atoms with Crippen LogP contribution in [0, 0.1) is 13.8 Å². The maximum absolute atomic E-state index is 5.52. The van der Waals surface area contributed by atoms with Crippen molar-refractivity contribution in [1.29, 1.82) is 0 Å². The van der Waals surface area contributed by atoms with Crippen LogP contribution in [0.15, 0.2) is 54.7 Å². The average molecular weight is 403 g/mol. The summed E-state index contributed by atoms with van der Waals surface area (Å²) in [4.78, 5) is 4.53. The lowest BCUT2D eigenvalue weighted by atomic mass is 10.1. The molecular formula is C24H26N4S. The van der Waals surface area contributed by atoms with Crippen molar-refractivity contribution in [2.45, 2.75) is 40.2 Å². The first-order valence-corrected chi connectivity index (χ1v) is 10.5. The predicted octanol–water partition coefficient (Wildman–Crippen LogP) is 6.42. The minimum atomic E-state index is 0.584. The first-order chi connectivity index (χ1) is 14.1. The van der Waals surface area contributed by atoms with Gasteiger partial charge in [0.15, 0.2) is 5.11 Å². The van der Waals surface area contributed by atoms with Crippen molar-refractivity contribution < 1.29 is 0 Å². The molecular weight excluding hydrogens is 376 g/mol. The summed E-state index contributed by atoms with van der Waals surface area (Å²) in [5, 5.41) is 9.63. The van der Waals surface area contributed by atoms with Crippen LogP contribution in [0.1, 0.15) is 31.0 Å². The molecule has 0 bridgehead atoms. The number of aryl methyl sites for hydroxylation is 3. The zero-order valence-electron chi connectivity index (χ0n) is 17.1. The molecule has 148 valence electrons. The summed E-state index contributed by atoms with van der Waals surface area (Å²) in [6, 6.07) is 16.8. The highest BCUT2D eigenvalue weighted by molar-refractivity contribution is 7.80. The number of fused-ring (bicyclic) bond motifs is 3. The normalized spacial score (nSPS) is 11.1. The molecule has 0 atom stereocenters. The molecule has 2 aromatic carbocycles. The summed E-state index contributed by atoms with van der Waals surface area (Å²) < 4.78 is 2.41. The maximum atomic E-state index is 5.52. The molecule has 2 heterocycles. The van der Waals surface area contributed by atoms with Gasteiger partial charge in [0.1, 0.15) is 0 Å². The lowest BCUT2D eigenvalue weighted by Gasteiger charge is -2.11. The second-order valence-electron chi connectivity index (χ2n) is 7.47. The first-order valence-electron chi connectivity index (χ1n) is 10.1. The average Bonchev–Trinajstić information content (AvgIpc) is 3.02. The number of hydrogen-bond donors (Lipinski definition) is 2. The summed E-state index contributed by atoms with van der Waals surface area (Å²) >= 11 is 5.52. The van der Waals surface area contributed by atoms with Gasteiger partial charge in [-0.3, -0.25) is 4.98 Å². The van der Waals surface area contributed by atoms with Gasteiger partial charge in [-0.05, 0) is 68.9 Å². The minimum Gasteiger partial charge on any atom is -0.339 e. The third-order valence-electron chi connectivity index (χ3n) is 5.26. The number of thiocarbonyl (C=S) groups is 1. The van der Waals surface area contributed by atoms with E-state index >= 15 is 0 Å². The number of hydrogen-bond acceptors (Lipinski definition) is 2. The molecule has 0 aliphatic carbocycles. The molecule has 0 saturated heterocycles. The fourth-order valence-corrected chi connectivity index (χ4v) is 4.02. The fourth-order valence-electron chi connectivity index (χ4n) is 3.78. The van der Waals surface area contributed by atoms with E-state index in [1.165, 1.54) is 33.8 Å². The van der Waals surface area contributed by atoms with E-state index in [0.29, 0.717) is 5.11 Å². The van der Waals surface area contributed by atoms with Gasteiger partial charge in [-0.15, -0.1) is 0 Å². The van der Waals surface area contributed by atoms with Gasteiger partial charge in [0.25, 0.3) is 0 Å². The van der Waals surface area contributed by atoms with Crippen LogP contribution in [0.5, 0.6) is 0 Å².